The molecule has 3 rings (SSSR count). The van der Waals surface area contributed by atoms with Crippen molar-refractivity contribution in [2.45, 2.75) is 19.4 Å². The number of rotatable bonds is 3. The molecule has 0 saturated carbocycles. The quantitative estimate of drug-likeness (QED) is 0.896. The largest absolute Gasteiger partial charge is 0.375 e. The minimum atomic E-state index is 0.254. The zero-order valence-electron chi connectivity index (χ0n) is 11.2. The second-order valence-corrected chi connectivity index (χ2v) is 4.98. The molecule has 2 aromatic rings. The third-order valence-corrected chi connectivity index (χ3v) is 3.53. The van der Waals surface area contributed by atoms with Gasteiger partial charge in [-0.25, -0.2) is 4.98 Å². The van der Waals surface area contributed by atoms with Crippen LogP contribution in [0, 0.1) is 0 Å². The highest BCUT2D eigenvalue weighted by atomic mass is 16.5. The van der Waals surface area contributed by atoms with E-state index in [2.05, 4.69) is 22.4 Å². The van der Waals surface area contributed by atoms with Gasteiger partial charge in [0.05, 0.1) is 18.4 Å². The van der Waals surface area contributed by atoms with Crippen LogP contribution in [0.1, 0.15) is 12.6 Å². The number of hydrogen-bond acceptors (Lipinski definition) is 4. The fourth-order valence-corrected chi connectivity index (χ4v) is 2.67. The molecule has 2 N–H and O–H groups in total. The molecule has 0 aromatic carbocycles. The third kappa shape index (κ3) is 2.31. The first-order valence-corrected chi connectivity index (χ1v) is 6.82. The molecule has 102 valence electrons. The van der Waals surface area contributed by atoms with Crippen molar-refractivity contribution in [2.75, 3.05) is 31.1 Å². The number of nitrogens with two attached hydrogens (primary N) is 1. The Balaban J connectivity index is 2.03. The molecule has 19 heavy (non-hydrogen) atoms. The molecule has 1 saturated heterocycles. The van der Waals surface area contributed by atoms with E-state index in [0.29, 0.717) is 6.54 Å². The molecule has 3 heterocycles. The highest BCUT2D eigenvalue weighted by Crippen LogP contribution is 2.24. The van der Waals surface area contributed by atoms with Gasteiger partial charge in [0, 0.05) is 25.7 Å². The van der Waals surface area contributed by atoms with E-state index in [1.54, 1.807) is 0 Å². The molecular weight excluding hydrogens is 240 g/mol. The van der Waals surface area contributed by atoms with Crippen LogP contribution in [0.5, 0.6) is 0 Å². The van der Waals surface area contributed by atoms with Crippen LogP contribution in [-0.4, -0.2) is 41.7 Å². The molecule has 0 bridgehead atoms. The Morgan fingerprint density at radius 3 is 3.16 bits per heavy atom. The van der Waals surface area contributed by atoms with Crippen LogP contribution in [0.25, 0.3) is 5.65 Å². The van der Waals surface area contributed by atoms with Crippen LogP contribution in [0.2, 0.25) is 0 Å². The van der Waals surface area contributed by atoms with Gasteiger partial charge in [0.15, 0.2) is 5.82 Å². The molecule has 1 aliphatic rings. The van der Waals surface area contributed by atoms with Gasteiger partial charge in [-0.3, -0.25) is 0 Å². The maximum atomic E-state index is 5.75. The van der Waals surface area contributed by atoms with Crippen molar-refractivity contribution in [2.24, 2.45) is 5.73 Å². The van der Waals surface area contributed by atoms with Gasteiger partial charge in [0.25, 0.3) is 0 Å². The molecule has 0 amide bonds. The predicted octanol–water partition coefficient (Wildman–Crippen LogP) is 1.06. The van der Waals surface area contributed by atoms with Crippen LogP contribution >= 0.6 is 0 Å². The summed E-state index contributed by atoms with van der Waals surface area (Å²) < 4.78 is 7.74. The van der Waals surface area contributed by atoms with E-state index >= 15 is 0 Å². The van der Waals surface area contributed by atoms with Gasteiger partial charge < -0.3 is 19.8 Å². The van der Waals surface area contributed by atoms with Crippen molar-refractivity contribution < 1.29 is 4.74 Å². The van der Waals surface area contributed by atoms with E-state index in [4.69, 9.17) is 15.5 Å². The highest BCUT2D eigenvalue weighted by Gasteiger charge is 2.22. The van der Waals surface area contributed by atoms with Crippen molar-refractivity contribution in [3.05, 3.63) is 30.1 Å². The van der Waals surface area contributed by atoms with Crippen molar-refractivity contribution in [1.82, 2.24) is 9.38 Å². The lowest BCUT2D eigenvalue weighted by Crippen LogP contribution is -2.41. The summed E-state index contributed by atoms with van der Waals surface area (Å²) in [4.78, 5) is 7.08. The normalized spacial score (nSPS) is 20.1. The Bertz CT molecular complexity index is 566. The van der Waals surface area contributed by atoms with E-state index in [-0.39, 0.29) is 6.10 Å². The first kappa shape index (κ1) is 12.4. The second kappa shape index (κ2) is 5.19. The topological polar surface area (TPSA) is 55.8 Å². The van der Waals surface area contributed by atoms with Gasteiger partial charge in [-0.05, 0) is 25.6 Å². The molecule has 0 spiro atoms. The summed E-state index contributed by atoms with van der Waals surface area (Å²) in [6.45, 7) is 5.28. The standard InChI is InChI=1S/C14H20N4O/c1-11-10-17(8-9-19-11)14-12(5-6-15)18-7-3-2-4-13(18)16-14/h2-4,7,11H,5-6,8-10,15H2,1H3. The third-order valence-electron chi connectivity index (χ3n) is 3.53. The summed E-state index contributed by atoms with van der Waals surface area (Å²) in [5, 5.41) is 0. The first-order valence-electron chi connectivity index (χ1n) is 6.82. The number of fused-ring (bicyclic) bond motifs is 1. The van der Waals surface area contributed by atoms with Gasteiger partial charge in [0.2, 0.25) is 0 Å². The van der Waals surface area contributed by atoms with E-state index in [1.807, 2.05) is 18.2 Å². The highest BCUT2D eigenvalue weighted by molar-refractivity contribution is 5.56. The minimum absolute atomic E-state index is 0.254. The van der Waals surface area contributed by atoms with Crippen LogP contribution in [-0.2, 0) is 11.2 Å². The SMILES string of the molecule is CC1CN(c2nc3ccccn3c2CCN)CCO1. The van der Waals surface area contributed by atoms with Crippen molar-refractivity contribution in [3.8, 4) is 0 Å². The number of aromatic nitrogens is 2. The Labute approximate surface area is 113 Å². The maximum Gasteiger partial charge on any atom is 0.151 e. The molecule has 0 radical (unpaired) electrons. The van der Waals surface area contributed by atoms with Crippen molar-refractivity contribution in [1.29, 1.82) is 0 Å². The molecule has 5 nitrogen and oxygen atoms in total. The number of ether oxygens (including phenoxy) is 1. The molecule has 1 aliphatic heterocycles. The Hall–Kier alpha value is -1.59. The fourth-order valence-electron chi connectivity index (χ4n) is 2.67. The van der Waals surface area contributed by atoms with Gasteiger partial charge in [0.1, 0.15) is 5.65 Å². The predicted molar refractivity (Wildman–Crippen MR) is 75.6 cm³/mol. The van der Waals surface area contributed by atoms with Gasteiger partial charge in [-0.1, -0.05) is 6.07 Å². The lowest BCUT2D eigenvalue weighted by atomic mass is 10.2. The number of morpholine rings is 1. The van der Waals surface area contributed by atoms with Crippen LogP contribution in [0.3, 0.4) is 0 Å². The summed E-state index contributed by atoms with van der Waals surface area (Å²) in [7, 11) is 0. The Morgan fingerprint density at radius 1 is 1.47 bits per heavy atom. The molecule has 0 aliphatic carbocycles. The summed E-state index contributed by atoms with van der Waals surface area (Å²) in [6, 6.07) is 6.08. The lowest BCUT2D eigenvalue weighted by Gasteiger charge is -2.32. The minimum Gasteiger partial charge on any atom is -0.375 e. The fraction of sp³-hybridized carbons (Fsp3) is 0.500. The number of nitrogens with zero attached hydrogens (tertiary/aromatic N) is 3. The van der Waals surface area contributed by atoms with Crippen LogP contribution in [0.15, 0.2) is 24.4 Å². The van der Waals surface area contributed by atoms with Gasteiger partial charge in [-0.15, -0.1) is 0 Å². The smallest absolute Gasteiger partial charge is 0.151 e. The molecule has 1 atom stereocenters. The van der Waals surface area contributed by atoms with Crippen LogP contribution in [0.4, 0.5) is 5.82 Å². The van der Waals surface area contributed by atoms with E-state index in [9.17, 15) is 0 Å². The number of pyridine rings is 1. The van der Waals surface area contributed by atoms with E-state index in [1.165, 1.54) is 5.69 Å². The Morgan fingerprint density at radius 2 is 2.37 bits per heavy atom. The van der Waals surface area contributed by atoms with E-state index in [0.717, 1.165) is 37.6 Å². The van der Waals surface area contributed by atoms with Gasteiger partial charge >= 0.3 is 0 Å². The first-order chi connectivity index (χ1) is 9.29. The maximum absolute atomic E-state index is 5.75. The summed E-state index contributed by atoms with van der Waals surface area (Å²) in [6.07, 6.45) is 3.15. The molecular formula is C14H20N4O. The molecule has 1 fully saturated rings. The van der Waals surface area contributed by atoms with Crippen molar-refractivity contribution >= 4 is 11.5 Å². The average molecular weight is 260 g/mol. The molecule has 1 unspecified atom stereocenters. The summed E-state index contributed by atoms with van der Waals surface area (Å²) >= 11 is 0. The van der Waals surface area contributed by atoms with Crippen molar-refractivity contribution in [3.63, 3.8) is 0 Å². The molecule has 2 aromatic heterocycles. The summed E-state index contributed by atoms with van der Waals surface area (Å²) in [5.41, 5.74) is 7.94. The average Bonchev–Trinajstić information content (AvgIpc) is 2.79. The van der Waals surface area contributed by atoms with Gasteiger partial charge in [-0.2, -0.15) is 0 Å². The number of hydrogen-bond donors (Lipinski definition) is 1. The molecule has 5 heteroatoms. The number of imidazole rings is 1. The zero-order valence-corrected chi connectivity index (χ0v) is 11.2. The zero-order chi connectivity index (χ0) is 13.2. The lowest BCUT2D eigenvalue weighted by molar-refractivity contribution is 0.0529. The second-order valence-electron chi connectivity index (χ2n) is 4.98. The van der Waals surface area contributed by atoms with E-state index < -0.39 is 0 Å². The monoisotopic (exact) mass is 260 g/mol. The van der Waals surface area contributed by atoms with Crippen LogP contribution < -0.4 is 10.6 Å². The Kier molecular flexibility index (Phi) is 3.40. The summed E-state index contributed by atoms with van der Waals surface area (Å²) in [5.74, 6) is 1.06. The number of anilines is 1.